The second-order valence-corrected chi connectivity index (χ2v) is 4.28. The van der Waals surface area contributed by atoms with Crippen molar-refractivity contribution in [1.29, 1.82) is 10.5 Å². The van der Waals surface area contributed by atoms with Crippen molar-refractivity contribution in [3.05, 3.63) is 23.2 Å². The van der Waals surface area contributed by atoms with Crippen molar-refractivity contribution in [3.63, 3.8) is 0 Å². The minimum Gasteiger partial charge on any atom is -0.466 e. The first-order chi connectivity index (χ1) is 8.60. The van der Waals surface area contributed by atoms with Crippen molar-refractivity contribution in [3.8, 4) is 12.1 Å². The number of ketones is 1. The summed E-state index contributed by atoms with van der Waals surface area (Å²) in [5, 5.41) is 17.2. The first kappa shape index (κ1) is 14.0. The Morgan fingerprint density at radius 1 is 1.28 bits per heavy atom. The summed E-state index contributed by atoms with van der Waals surface area (Å²) in [5.41, 5.74) is 0.577. The minimum atomic E-state index is -0.264. The molecule has 0 fully saturated rings. The summed E-state index contributed by atoms with van der Waals surface area (Å²) < 4.78 is 5.34. The van der Waals surface area contributed by atoms with E-state index in [-0.39, 0.29) is 11.7 Å². The Morgan fingerprint density at radius 3 is 2.22 bits per heavy atom. The van der Waals surface area contributed by atoms with Gasteiger partial charge in [-0.2, -0.15) is 10.5 Å². The number of aryl methyl sites for hydroxylation is 2. The maximum absolute atomic E-state index is 12.3. The molecule has 0 bridgehead atoms. The normalized spacial score (nSPS) is 10.1. The third-order valence-corrected chi connectivity index (χ3v) is 2.89. The fourth-order valence-electron chi connectivity index (χ4n) is 1.98. The lowest BCUT2D eigenvalue weighted by molar-refractivity contribution is 0.0907. The van der Waals surface area contributed by atoms with Crippen molar-refractivity contribution < 1.29 is 9.21 Å². The summed E-state index contributed by atoms with van der Waals surface area (Å²) in [5.74, 6) is 1.03. The van der Waals surface area contributed by atoms with Gasteiger partial charge in [-0.3, -0.25) is 4.79 Å². The molecule has 4 nitrogen and oxygen atoms in total. The first-order valence-electron chi connectivity index (χ1n) is 5.95. The molecule has 18 heavy (non-hydrogen) atoms. The van der Waals surface area contributed by atoms with Gasteiger partial charge in [-0.25, -0.2) is 0 Å². The maximum Gasteiger partial charge on any atom is 0.169 e. The zero-order chi connectivity index (χ0) is 13.5. The Hall–Kier alpha value is -2.07. The van der Waals surface area contributed by atoms with E-state index in [1.54, 1.807) is 19.9 Å². The van der Waals surface area contributed by atoms with Crippen LogP contribution in [0.1, 0.15) is 47.6 Å². The molecule has 0 N–H and O–H groups in total. The van der Waals surface area contributed by atoms with Crippen molar-refractivity contribution in [1.82, 2.24) is 0 Å². The SMILES string of the molecule is Cc1cc(C(=O)C(CCC#N)CCC#N)c(C)o1. The van der Waals surface area contributed by atoms with Gasteiger partial charge in [0.25, 0.3) is 0 Å². The lowest BCUT2D eigenvalue weighted by Gasteiger charge is -2.11. The smallest absolute Gasteiger partial charge is 0.169 e. The van der Waals surface area contributed by atoms with Crippen LogP contribution >= 0.6 is 0 Å². The van der Waals surface area contributed by atoms with E-state index >= 15 is 0 Å². The average Bonchev–Trinajstić information content (AvgIpc) is 2.68. The summed E-state index contributed by atoms with van der Waals surface area (Å²) in [4.78, 5) is 12.3. The largest absolute Gasteiger partial charge is 0.466 e. The Balaban J connectivity index is 2.85. The van der Waals surface area contributed by atoms with Gasteiger partial charge >= 0.3 is 0 Å². The van der Waals surface area contributed by atoms with Crippen LogP contribution in [-0.4, -0.2) is 5.78 Å². The topological polar surface area (TPSA) is 77.8 Å². The number of rotatable bonds is 6. The third kappa shape index (κ3) is 3.46. The van der Waals surface area contributed by atoms with Gasteiger partial charge in [0.2, 0.25) is 0 Å². The highest BCUT2D eigenvalue weighted by atomic mass is 16.3. The van der Waals surface area contributed by atoms with Gasteiger partial charge in [0.05, 0.1) is 17.7 Å². The fraction of sp³-hybridized carbons (Fsp3) is 0.500. The van der Waals surface area contributed by atoms with E-state index in [4.69, 9.17) is 14.9 Å². The van der Waals surface area contributed by atoms with E-state index in [0.717, 1.165) is 0 Å². The molecule has 0 saturated carbocycles. The number of furan rings is 1. The number of carbonyl (C=O) groups excluding carboxylic acids is 1. The van der Waals surface area contributed by atoms with Crippen LogP contribution in [0.3, 0.4) is 0 Å². The maximum atomic E-state index is 12.3. The van der Waals surface area contributed by atoms with Crippen molar-refractivity contribution in [2.45, 2.75) is 39.5 Å². The van der Waals surface area contributed by atoms with E-state index in [0.29, 0.717) is 42.8 Å². The number of carbonyl (C=O) groups is 1. The fourth-order valence-corrected chi connectivity index (χ4v) is 1.98. The predicted octanol–water partition coefficient (Wildman–Crippen LogP) is 3.30. The molecule has 1 aromatic rings. The molecule has 0 aliphatic carbocycles. The van der Waals surface area contributed by atoms with E-state index in [9.17, 15) is 4.79 Å². The molecule has 94 valence electrons. The molecular formula is C14H16N2O2. The second-order valence-electron chi connectivity index (χ2n) is 4.28. The number of hydrogen-bond donors (Lipinski definition) is 0. The zero-order valence-electron chi connectivity index (χ0n) is 10.7. The standard InChI is InChI=1S/C14H16N2O2/c1-10-9-13(11(2)18-10)14(17)12(5-3-7-15)6-4-8-16/h9,12H,3-6H2,1-2H3. The van der Waals surface area contributed by atoms with Gasteiger partial charge < -0.3 is 4.42 Å². The summed E-state index contributed by atoms with van der Waals surface area (Å²) >= 11 is 0. The van der Waals surface area contributed by atoms with Crippen LogP contribution in [0.4, 0.5) is 0 Å². The first-order valence-corrected chi connectivity index (χ1v) is 5.95. The Labute approximate surface area is 107 Å². The molecular weight excluding hydrogens is 228 g/mol. The van der Waals surface area contributed by atoms with E-state index < -0.39 is 0 Å². The molecule has 0 radical (unpaired) electrons. The van der Waals surface area contributed by atoms with E-state index in [2.05, 4.69) is 0 Å². The number of Topliss-reactive ketones (excluding diaryl/α,β-unsaturated/α-hetero) is 1. The quantitative estimate of drug-likeness (QED) is 0.719. The summed E-state index contributed by atoms with van der Waals surface area (Å²) in [6.45, 7) is 3.55. The molecule has 0 unspecified atom stereocenters. The predicted molar refractivity (Wildman–Crippen MR) is 65.7 cm³/mol. The zero-order valence-corrected chi connectivity index (χ0v) is 10.7. The van der Waals surface area contributed by atoms with Crippen molar-refractivity contribution in [2.24, 2.45) is 5.92 Å². The summed E-state index contributed by atoms with van der Waals surface area (Å²) in [6, 6.07) is 5.81. The van der Waals surface area contributed by atoms with Crippen LogP contribution in [-0.2, 0) is 0 Å². The average molecular weight is 244 g/mol. The number of hydrogen-bond acceptors (Lipinski definition) is 4. The monoisotopic (exact) mass is 244 g/mol. The Bertz CT molecular complexity index is 485. The van der Waals surface area contributed by atoms with Gasteiger partial charge in [-0.05, 0) is 32.8 Å². The van der Waals surface area contributed by atoms with Crippen molar-refractivity contribution >= 4 is 5.78 Å². The van der Waals surface area contributed by atoms with Gasteiger partial charge in [0.15, 0.2) is 5.78 Å². The molecule has 1 aromatic heterocycles. The molecule has 4 heteroatoms. The van der Waals surface area contributed by atoms with E-state index in [1.807, 2.05) is 12.1 Å². The number of nitrogens with zero attached hydrogens (tertiary/aromatic N) is 2. The molecule has 1 heterocycles. The molecule has 0 amide bonds. The van der Waals surface area contributed by atoms with Crippen LogP contribution < -0.4 is 0 Å². The van der Waals surface area contributed by atoms with Crippen LogP contribution in [0, 0.1) is 42.4 Å². The number of nitriles is 2. The highest BCUT2D eigenvalue weighted by Gasteiger charge is 2.23. The van der Waals surface area contributed by atoms with Crippen molar-refractivity contribution in [2.75, 3.05) is 0 Å². The third-order valence-electron chi connectivity index (χ3n) is 2.89. The van der Waals surface area contributed by atoms with Crippen LogP contribution in [0.15, 0.2) is 10.5 Å². The summed E-state index contributed by atoms with van der Waals surface area (Å²) in [6.07, 6.45) is 1.66. The molecule has 1 rings (SSSR count). The Morgan fingerprint density at radius 2 is 1.83 bits per heavy atom. The van der Waals surface area contributed by atoms with Crippen LogP contribution in [0.25, 0.3) is 0 Å². The van der Waals surface area contributed by atoms with Gasteiger partial charge in [-0.1, -0.05) is 0 Å². The summed E-state index contributed by atoms with van der Waals surface area (Å²) in [7, 11) is 0. The molecule has 0 aliphatic heterocycles. The molecule has 0 aliphatic rings. The highest BCUT2D eigenvalue weighted by Crippen LogP contribution is 2.23. The molecule has 0 atom stereocenters. The Kier molecular flexibility index (Phi) is 5.14. The highest BCUT2D eigenvalue weighted by molar-refractivity contribution is 5.98. The van der Waals surface area contributed by atoms with Gasteiger partial charge in [0.1, 0.15) is 11.5 Å². The minimum absolute atomic E-state index is 0.0187. The molecule has 0 saturated heterocycles. The van der Waals surface area contributed by atoms with Gasteiger partial charge in [0, 0.05) is 18.8 Å². The molecule has 0 spiro atoms. The van der Waals surface area contributed by atoms with Gasteiger partial charge in [-0.15, -0.1) is 0 Å². The lowest BCUT2D eigenvalue weighted by Crippen LogP contribution is -2.15. The lowest BCUT2D eigenvalue weighted by atomic mass is 9.90. The molecule has 0 aromatic carbocycles. The van der Waals surface area contributed by atoms with E-state index in [1.165, 1.54) is 0 Å². The second kappa shape index (κ2) is 6.61. The van der Waals surface area contributed by atoms with Crippen LogP contribution in [0.2, 0.25) is 0 Å². The van der Waals surface area contributed by atoms with Crippen LogP contribution in [0.5, 0.6) is 0 Å².